The maximum atomic E-state index is 10.5. The minimum absolute atomic E-state index is 0.0590. The van der Waals surface area contributed by atoms with Gasteiger partial charge in [0.05, 0.1) is 6.04 Å². The third kappa shape index (κ3) is 4.06. The van der Waals surface area contributed by atoms with Crippen molar-refractivity contribution < 1.29 is 14.8 Å². The zero-order valence-corrected chi connectivity index (χ0v) is 9.52. The molecular formula is C10H19BN2O3. The van der Waals surface area contributed by atoms with Crippen molar-refractivity contribution in [2.45, 2.75) is 37.9 Å². The van der Waals surface area contributed by atoms with Crippen LogP contribution >= 0.6 is 0 Å². The second-order valence-corrected chi connectivity index (χ2v) is 4.39. The Labute approximate surface area is 96.1 Å². The number of rotatable bonds is 6. The van der Waals surface area contributed by atoms with Crippen molar-refractivity contribution in [3.8, 4) is 0 Å². The van der Waals surface area contributed by atoms with Gasteiger partial charge in [-0.05, 0) is 25.2 Å². The lowest BCUT2D eigenvalue weighted by Gasteiger charge is -2.19. The minimum Gasteiger partial charge on any atom is -0.423 e. The number of aldehydes is 1. The maximum absolute atomic E-state index is 10.5. The molecule has 0 spiro atoms. The van der Waals surface area contributed by atoms with Crippen molar-refractivity contribution in [1.29, 1.82) is 0 Å². The number of carbonyl (C=O) groups is 1. The fourth-order valence-electron chi connectivity index (χ4n) is 1.96. The Morgan fingerprint density at radius 1 is 1.75 bits per heavy atom. The normalized spacial score (nSPS) is 26.4. The molecule has 0 bridgehead atoms. The highest BCUT2D eigenvalue weighted by molar-refractivity contribution is 6.50. The van der Waals surface area contributed by atoms with E-state index in [2.05, 4.69) is 17.2 Å². The van der Waals surface area contributed by atoms with Gasteiger partial charge in [-0.15, -0.1) is 6.58 Å². The first-order valence-corrected chi connectivity index (χ1v) is 5.51. The standard InChI is InChI=1S/C10H19BN2O3/c1-7(11(15)16)3-8(2)13-9-4-10(6-14)12-5-9/h6,8-10,12-13,15-16H,1,3-5H2,2H3. The molecule has 4 N–H and O–H groups in total. The molecule has 0 radical (unpaired) electrons. The summed E-state index contributed by atoms with van der Waals surface area (Å²) < 4.78 is 0. The average Bonchev–Trinajstić information content (AvgIpc) is 2.65. The first-order valence-electron chi connectivity index (χ1n) is 5.51. The Bertz CT molecular complexity index is 260. The Balaban J connectivity index is 2.27. The lowest BCUT2D eigenvalue weighted by atomic mass is 9.77. The van der Waals surface area contributed by atoms with E-state index in [1.807, 2.05) is 6.92 Å². The summed E-state index contributed by atoms with van der Waals surface area (Å²) in [5.41, 5.74) is 0.401. The van der Waals surface area contributed by atoms with Crippen LogP contribution in [0.15, 0.2) is 12.1 Å². The van der Waals surface area contributed by atoms with Gasteiger partial charge in [-0.3, -0.25) is 0 Å². The lowest BCUT2D eigenvalue weighted by molar-refractivity contribution is -0.109. The molecule has 3 atom stereocenters. The van der Waals surface area contributed by atoms with Gasteiger partial charge in [0, 0.05) is 18.6 Å². The van der Waals surface area contributed by atoms with Crippen LogP contribution in [0, 0.1) is 0 Å². The van der Waals surface area contributed by atoms with Gasteiger partial charge in [0.15, 0.2) is 0 Å². The van der Waals surface area contributed by atoms with E-state index in [0.29, 0.717) is 11.9 Å². The second kappa shape index (κ2) is 6.15. The summed E-state index contributed by atoms with van der Waals surface area (Å²) in [6.07, 6.45) is 2.21. The van der Waals surface area contributed by atoms with E-state index in [9.17, 15) is 4.79 Å². The molecule has 0 aliphatic carbocycles. The zero-order valence-electron chi connectivity index (χ0n) is 9.52. The third-order valence-corrected chi connectivity index (χ3v) is 2.78. The predicted molar refractivity (Wildman–Crippen MR) is 62.8 cm³/mol. The van der Waals surface area contributed by atoms with Crippen LogP contribution in [0.3, 0.4) is 0 Å². The number of carbonyl (C=O) groups excluding carboxylic acids is 1. The number of nitrogens with one attached hydrogen (secondary N) is 2. The highest BCUT2D eigenvalue weighted by Gasteiger charge is 2.25. The van der Waals surface area contributed by atoms with E-state index >= 15 is 0 Å². The molecule has 0 amide bonds. The maximum Gasteiger partial charge on any atom is 0.483 e. The second-order valence-electron chi connectivity index (χ2n) is 4.39. The molecule has 1 heterocycles. The van der Waals surface area contributed by atoms with Crippen LogP contribution in [-0.4, -0.2) is 48.1 Å². The predicted octanol–water partition coefficient (Wildman–Crippen LogP) is -1.15. The molecule has 16 heavy (non-hydrogen) atoms. The highest BCUT2D eigenvalue weighted by Crippen LogP contribution is 2.09. The largest absolute Gasteiger partial charge is 0.483 e. The zero-order chi connectivity index (χ0) is 12.1. The van der Waals surface area contributed by atoms with Crippen molar-refractivity contribution >= 4 is 13.4 Å². The molecule has 1 aliphatic rings. The van der Waals surface area contributed by atoms with Crippen LogP contribution in [0.4, 0.5) is 0 Å². The van der Waals surface area contributed by atoms with E-state index < -0.39 is 7.12 Å². The number of hydrogen-bond acceptors (Lipinski definition) is 5. The van der Waals surface area contributed by atoms with E-state index in [0.717, 1.165) is 19.3 Å². The molecule has 0 aromatic carbocycles. The molecule has 0 aromatic rings. The lowest BCUT2D eigenvalue weighted by Crippen LogP contribution is -2.38. The van der Waals surface area contributed by atoms with Gasteiger partial charge in [-0.1, -0.05) is 0 Å². The summed E-state index contributed by atoms with van der Waals surface area (Å²) in [6, 6.07) is 0.316. The summed E-state index contributed by atoms with van der Waals surface area (Å²) in [5, 5.41) is 24.2. The fourth-order valence-corrected chi connectivity index (χ4v) is 1.96. The van der Waals surface area contributed by atoms with Crippen LogP contribution < -0.4 is 10.6 Å². The van der Waals surface area contributed by atoms with Crippen molar-refractivity contribution in [3.05, 3.63) is 12.1 Å². The molecular weight excluding hydrogens is 207 g/mol. The van der Waals surface area contributed by atoms with Gasteiger partial charge in [0.1, 0.15) is 6.29 Å². The van der Waals surface area contributed by atoms with Gasteiger partial charge in [-0.2, -0.15) is 0 Å². The van der Waals surface area contributed by atoms with Crippen LogP contribution in [0.2, 0.25) is 0 Å². The first kappa shape index (κ1) is 13.4. The minimum atomic E-state index is -1.45. The molecule has 1 fully saturated rings. The Morgan fingerprint density at radius 2 is 2.44 bits per heavy atom. The average molecular weight is 226 g/mol. The van der Waals surface area contributed by atoms with Crippen LogP contribution in [0.1, 0.15) is 19.8 Å². The van der Waals surface area contributed by atoms with Crippen LogP contribution in [0.5, 0.6) is 0 Å². The molecule has 3 unspecified atom stereocenters. The SMILES string of the molecule is C=C(CC(C)NC1CNC(C=O)C1)B(O)O. The Morgan fingerprint density at radius 3 is 2.94 bits per heavy atom. The Kier molecular flexibility index (Phi) is 5.14. The molecule has 90 valence electrons. The quantitative estimate of drug-likeness (QED) is 0.339. The van der Waals surface area contributed by atoms with Gasteiger partial charge >= 0.3 is 7.12 Å². The van der Waals surface area contributed by atoms with Gasteiger partial charge in [0.2, 0.25) is 0 Å². The molecule has 0 aromatic heterocycles. The number of hydrogen-bond donors (Lipinski definition) is 4. The van der Waals surface area contributed by atoms with Gasteiger partial charge in [-0.25, -0.2) is 0 Å². The van der Waals surface area contributed by atoms with Crippen LogP contribution in [0.25, 0.3) is 0 Å². The summed E-state index contributed by atoms with van der Waals surface area (Å²) >= 11 is 0. The fraction of sp³-hybridized carbons (Fsp3) is 0.700. The van der Waals surface area contributed by atoms with E-state index in [-0.39, 0.29) is 18.1 Å². The van der Waals surface area contributed by atoms with E-state index in [4.69, 9.17) is 10.0 Å². The summed E-state index contributed by atoms with van der Waals surface area (Å²) in [7, 11) is -1.45. The summed E-state index contributed by atoms with van der Waals surface area (Å²) in [4.78, 5) is 10.5. The monoisotopic (exact) mass is 226 g/mol. The molecule has 0 saturated carbocycles. The van der Waals surface area contributed by atoms with Crippen molar-refractivity contribution in [3.63, 3.8) is 0 Å². The van der Waals surface area contributed by atoms with E-state index in [1.165, 1.54) is 0 Å². The first-order chi connectivity index (χ1) is 7.52. The van der Waals surface area contributed by atoms with Crippen LogP contribution in [-0.2, 0) is 4.79 Å². The highest BCUT2D eigenvalue weighted by atomic mass is 16.4. The molecule has 1 saturated heterocycles. The van der Waals surface area contributed by atoms with Crippen molar-refractivity contribution in [2.24, 2.45) is 0 Å². The van der Waals surface area contributed by atoms with Gasteiger partial charge in [0.25, 0.3) is 0 Å². The molecule has 6 heteroatoms. The van der Waals surface area contributed by atoms with E-state index in [1.54, 1.807) is 0 Å². The smallest absolute Gasteiger partial charge is 0.423 e. The molecule has 5 nitrogen and oxygen atoms in total. The molecule has 1 rings (SSSR count). The Hall–Kier alpha value is -0.685. The van der Waals surface area contributed by atoms with Crippen molar-refractivity contribution in [2.75, 3.05) is 6.54 Å². The molecule has 1 aliphatic heterocycles. The topological polar surface area (TPSA) is 81.6 Å². The van der Waals surface area contributed by atoms with Crippen molar-refractivity contribution in [1.82, 2.24) is 10.6 Å². The summed E-state index contributed by atoms with van der Waals surface area (Å²) in [5.74, 6) is 0. The summed E-state index contributed by atoms with van der Waals surface area (Å²) in [6.45, 7) is 6.31. The third-order valence-electron chi connectivity index (χ3n) is 2.78. The van der Waals surface area contributed by atoms with Gasteiger partial charge < -0.3 is 25.5 Å².